The van der Waals surface area contributed by atoms with Crippen molar-refractivity contribution in [3.63, 3.8) is 0 Å². The number of aliphatic hydroxyl groups is 1. The van der Waals surface area contributed by atoms with Crippen molar-refractivity contribution in [2.24, 2.45) is 0 Å². The second-order valence-corrected chi connectivity index (χ2v) is 6.10. The summed E-state index contributed by atoms with van der Waals surface area (Å²) in [6, 6.07) is 9.03. The monoisotopic (exact) mass is 345 g/mol. The summed E-state index contributed by atoms with van der Waals surface area (Å²) in [5.41, 5.74) is 1.50. The largest absolute Gasteiger partial charge is 0.497 e. The molecule has 7 nitrogen and oxygen atoms in total. The molecule has 0 aliphatic carbocycles. The average molecular weight is 345 g/mol. The number of carbonyl (C=O) groups is 1. The normalized spacial score (nSPS) is 17.4. The van der Waals surface area contributed by atoms with Crippen LogP contribution in [0.2, 0.25) is 0 Å². The molecule has 1 aliphatic rings. The first-order valence-corrected chi connectivity index (χ1v) is 8.46. The number of rotatable bonds is 5. The molecule has 0 spiro atoms. The Morgan fingerprint density at radius 2 is 2.32 bits per heavy atom. The van der Waals surface area contributed by atoms with Gasteiger partial charge in [-0.25, -0.2) is 4.79 Å². The third-order valence-corrected chi connectivity index (χ3v) is 4.43. The van der Waals surface area contributed by atoms with Gasteiger partial charge in [-0.3, -0.25) is 0 Å². The third-order valence-electron chi connectivity index (χ3n) is 4.43. The van der Waals surface area contributed by atoms with E-state index in [-0.39, 0.29) is 25.2 Å². The number of likely N-dealkylation sites (tertiary alicyclic amines) is 1. The lowest BCUT2D eigenvalue weighted by atomic mass is 10.0. The Kier molecular flexibility index (Phi) is 5.55. The smallest absolute Gasteiger partial charge is 0.318 e. The predicted octanol–water partition coefficient (Wildman–Crippen LogP) is 2.41. The number of methoxy groups -OCH3 is 1. The van der Waals surface area contributed by atoms with Gasteiger partial charge in [0, 0.05) is 18.2 Å². The summed E-state index contributed by atoms with van der Waals surface area (Å²) in [7, 11) is 1.61. The fraction of sp³-hybridized carbons (Fsp3) is 0.444. The van der Waals surface area contributed by atoms with Crippen LogP contribution in [-0.2, 0) is 6.54 Å². The summed E-state index contributed by atoms with van der Waals surface area (Å²) < 4.78 is 10.6. The Morgan fingerprint density at radius 1 is 1.44 bits per heavy atom. The number of carbonyl (C=O) groups excluding carboxylic acids is 1. The number of amides is 2. The molecule has 7 heteroatoms. The summed E-state index contributed by atoms with van der Waals surface area (Å²) in [4.78, 5) is 14.0. The van der Waals surface area contributed by atoms with E-state index in [9.17, 15) is 9.90 Å². The molecule has 2 aromatic rings. The van der Waals surface area contributed by atoms with E-state index in [1.165, 1.54) is 0 Å². The lowest BCUT2D eigenvalue weighted by Gasteiger charge is -2.34. The quantitative estimate of drug-likeness (QED) is 0.869. The van der Waals surface area contributed by atoms with Crippen LogP contribution in [0.1, 0.15) is 25.0 Å². The maximum Gasteiger partial charge on any atom is 0.318 e. The summed E-state index contributed by atoms with van der Waals surface area (Å²) in [6.07, 6.45) is 2.85. The van der Waals surface area contributed by atoms with Gasteiger partial charge in [-0.1, -0.05) is 17.3 Å². The van der Waals surface area contributed by atoms with E-state index in [0.717, 1.165) is 30.6 Å². The zero-order valence-electron chi connectivity index (χ0n) is 14.3. The molecular weight excluding hydrogens is 322 g/mol. The minimum atomic E-state index is -0.176. The minimum Gasteiger partial charge on any atom is -0.497 e. The van der Waals surface area contributed by atoms with Crippen molar-refractivity contribution < 1.29 is 19.2 Å². The molecule has 2 heterocycles. The maximum absolute atomic E-state index is 12.3. The van der Waals surface area contributed by atoms with Crippen molar-refractivity contribution in [3.8, 4) is 17.1 Å². The molecule has 134 valence electrons. The van der Waals surface area contributed by atoms with Gasteiger partial charge in [-0.2, -0.15) is 0 Å². The Hall–Kier alpha value is -2.54. The highest BCUT2D eigenvalue weighted by atomic mass is 16.5. The Bertz CT molecular complexity index is 716. The van der Waals surface area contributed by atoms with Gasteiger partial charge in [0.05, 0.1) is 26.3 Å². The molecule has 1 atom stereocenters. The molecule has 1 saturated heterocycles. The van der Waals surface area contributed by atoms with Crippen LogP contribution in [0.15, 0.2) is 34.9 Å². The molecule has 2 N–H and O–H groups in total. The summed E-state index contributed by atoms with van der Waals surface area (Å²) in [5.74, 6) is 1.36. The fourth-order valence-corrected chi connectivity index (χ4v) is 3.03. The molecular formula is C18H23N3O4. The van der Waals surface area contributed by atoms with Crippen LogP contribution in [0, 0.1) is 0 Å². The lowest BCUT2D eigenvalue weighted by molar-refractivity contribution is 0.108. The number of hydrogen-bond donors (Lipinski definition) is 2. The SMILES string of the molecule is COc1cccc(-c2cc(CNC(=O)N3CCCCC3CO)no2)c1. The van der Waals surface area contributed by atoms with Gasteiger partial charge >= 0.3 is 6.03 Å². The summed E-state index contributed by atoms with van der Waals surface area (Å²) in [6.45, 7) is 0.948. The number of aromatic nitrogens is 1. The van der Waals surface area contributed by atoms with E-state index in [1.54, 1.807) is 18.1 Å². The molecule has 0 radical (unpaired) electrons. The van der Waals surface area contributed by atoms with Gasteiger partial charge in [0.1, 0.15) is 11.4 Å². The lowest BCUT2D eigenvalue weighted by Crippen LogP contribution is -2.49. The second-order valence-electron chi connectivity index (χ2n) is 6.10. The average Bonchev–Trinajstić information content (AvgIpc) is 3.15. The number of nitrogens with one attached hydrogen (secondary N) is 1. The molecule has 2 amide bonds. The van der Waals surface area contributed by atoms with Crippen LogP contribution < -0.4 is 10.1 Å². The topological polar surface area (TPSA) is 87.8 Å². The van der Waals surface area contributed by atoms with Crippen LogP contribution in [0.3, 0.4) is 0 Å². The van der Waals surface area contributed by atoms with E-state index in [0.29, 0.717) is 18.0 Å². The van der Waals surface area contributed by atoms with E-state index < -0.39 is 0 Å². The van der Waals surface area contributed by atoms with Crippen molar-refractivity contribution in [3.05, 3.63) is 36.0 Å². The molecule has 25 heavy (non-hydrogen) atoms. The highest BCUT2D eigenvalue weighted by molar-refractivity contribution is 5.74. The van der Waals surface area contributed by atoms with Gasteiger partial charge in [0.2, 0.25) is 0 Å². The first-order valence-electron chi connectivity index (χ1n) is 8.46. The molecule has 0 saturated carbocycles. The zero-order valence-corrected chi connectivity index (χ0v) is 14.3. The van der Waals surface area contributed by atoms with E-state index in [1.807, 2.05) is 24.3 Å². The number of piperidine rings is 1. The number of urea groups is 1. The van der Waals surface area contributed by atoms with Crippen LogP contribution in [-0.4, -0.2) is 47.5 Å². The van der Waals surface area contributed by atoms with Crippen LogP contribution >= 0.6 is 0 Å². The predicted molar refractivity (Wildman–Crippen MR) is 92.2 cm³/mol. The summed E-state index contributed by atoms with van der Waals surface area (Å²) >= 11 is 0. The highest BCUT2D eigenvalue weighted by Gasteiger charge is 2.25. The Balaban J connectivity index is 1.60. The molecule has 1 aliphatic heterocycles. The minimum absolute atomic E-state index is 0.00261. The molecule has 1 aromatic carbocycles. The first kappa shape index (κ1) is 17.3. The van der Waals surface area contributed by atoms with Crippen molar-refractivity contribution in [2.45, 2.75) is 31.8 Å². The number of aliphatic hydroxyl groups excluding tert-OH is 1. The molecule has 1 aromatic heterocycles. The molecule has 3 rings (SSSR count). The van der Waals surface area contributed by atoms with Crippen LogP contribution in [0.4, 0.5) is 4.79 Å². The van der Waals surface area contributed by atoms with Crippen molar-refractivity contribution in [2.75, 3.05) is 20.3 Å². The Labute approximate surface area is 146 Å². The van der Waals surface area contributed by atoms with Crippen LogP contribution in [0.25, 0.3) is 11.3 Å². The van der Waals surface area contributed by atoms with Crippen molar-refractivity contribution in [1.82, 2.24) is 15.4 Å². The number of benzene rings is 1. The zero-order chi connectivity index (χ0) is 17.6. The van der Waals surface area contributed by atoms with Crippen LogP contribution in [0.5, 0.6) is 5.75 Å². The summed E-state index contributed by atoms with van der Waals surface area (Å²) in [5, 5.41) is 16.3. The molecule has 0 bridgehead atoms. The van der Waals surface area contributed by atoms with Gasteiger partial charge in [-0.05, 0) is 31.4 Å². The molecule has 1 fully saturated rings. The van der Waals surface area contributed by atoms with E-state index in [4.69, 9.17) is 9.26 Å². The first-order chi connectivity index (χ1) is 12.2. The highest BCUT2D eigenvalue weighted by Crippen LogP contribution is 2.24. The van der Waals surface area contributed by atoms with E-state index in [2.05, 4.69) is 10.5 Å². The fourth-order valence-electron chi connectivity index (χ4n) is 3.03. The van der Waals surface area contributed by atoms with Crippen molar-refractivity contribution >= 4 is 6.03 Å². The van der Waals surface area contributed by atoms with Gasteiger partial charge < -0.3 is 24.6 Å². The van der Waals surface area contributed by atoms with Crippen molar-refractivity contribution in [1.29, 1.82) is 0 Å². The Morgan fingerprint density at radius 3 is 3.12 bits per heavy atom. The number of hydrogen-bond acceptors (Lipinski definition) is 5. The maximum atomic E-state index is 12.3. The number of ether oxygens (including phenoxy) is 1. The number of nitrogens with zero attached hydrogens (tertiary/aromatic N) is 2. The standard InChI is InChI=1S/C18H23N3O4/c1-24-16-7-4-5-13(9-16)17-10-14(20-25-17)11-19-18(23)21-8-3-2-6-15(21)12-22/h4-5,7,9-10,15,22H,2-3,6,8,11-12H2,1H3,(H,19,23). The second kappa shape index (κ2) is 8.02. The molecule has 1 unspecified atom stereocenters. The van der Waals surface area contributed by atoms with Gasteiger partial charge in [0.25, 0.3) is 0 Å². The van der Waals surface area contributed by atoms with Gasteiger partial charge in [0.15, 0.2) is 5.76 Å². The van der Waals surface area contributed by atoms with Gasteiger partial charge in [-0.15, -0.1) is 0 Å². The van der Waals surface area contributed by atoms with E-state index >= 15 is 0 Å². The third kappa shape index (κ3) is 4.11.